The van der Waals surface area contributed by atoms with Crippen LogP contribution in [-0.4, -0.2) is 26.9 Å². The minimum Gasteiger partial charge on any atom is -0.335 e. The zero-order valence-corrected chi connectivity index (χ0v) is 17.2. The van der Waals surface area contributed by atoms with Crippen molar-refractivity contribution in [3.8, 4) is 0 Å². The molecule has 3 aromatic rings. The minimum absolute atomic E-state index is 0.0425. The Balaban J connectivity index is 1.86. The third-order valence-corrected chi connectivity index (χ3v) is 4.99. The topological polar surface area (TPSA) is 38.1 Å². The number of aryl methyl sites for hydroxylation is 1. The highest BCUT2D eigenvalue weighted by atomic mass is 19.1. The highest BCUT2D eigenvalue weighted by Gasteiger charge is 2.19. The summed E-state index contributed by atoms with van der Waals surface area (Å²) in [6.45, 7) is 7.94. The van der Waals surface area contributed by atoms with Crippen LogP contribution in [-0.2, 0) is 24.3 Å². The van der Waals surface area contributed by atoms with Crippen molar-refractivity contribution in [2.24, 2.45) is 5.92 Å². The number of nitrogens with zero attached hydrogens (tertiary/aromatic N) is 3. The Kier molecular flexibility index (Phi) is 6.62. The van der Waals surface area contributed by atoms with Gasteiger partial charge in [-0.3, -0.25) is 4.79 Å². The maximum absolute atomic E-state index is 13.5. The average Bonchev–Trinajstić information content (AvgIpc) is 3.01. The Hall–Kier alpha value is -2.76. The van der Waals surface area contributed by atoms with Gasteiger partial charge in [0.2, 0.25) is 5.91 Å². The third-order valence-electron chi connectivity index (χ3n) is 4.99. The van der Waals surface area contributed by atoms with Crippen LogP contribution in [0.3, 0.4) is 0 Å². The molecule has 1 amide bonds. The van der Waals surface area contributed by atoms with Crippen molar-refractivity contribution in [1.29, 1.82) is 0 Å². The summed E-state index contributed by atoms with van der Waals surface area (Å²) in [5.74, 6) is -0.257. The number of hydrogen-bond acceptors (Lipinski definition) is 2. The van der Waals surface area contributed by atoms with E-state index >= 15 is 0 Å². The molecule has 0 aliphatic carbocycles. The molecule has 0 unspecified atom stereocenters. The van der Waals surface area contributed by atoms with Crippen LogP contribution in [0.4, 0.5) is 8.78 Å². The van der Waals surface area contributed by atoms with E-state index in [9.17, 15) is 13.6 Å². The largest absolute Gasteiger partial charge is 0.335 e. The molecule has 2 aromatic carbocycles. The smallest absolute Gasteiger partial charge is 0.227 e. The second-order valence-corrected chi connectivity index (χ2v) is 7.71. The molecule has 0 atom stereocenters. The molecule has 6 heteroatoms. The van der Waals surface area contributed by atoms with Crippen molar-refractivity contribution in [2.45, 2.75) is 46.7 Å². The predicted octanol–water partition coefficient (Wildman–Crippen LogP) is 4.95. The number of halogens is 2. The Labute approximate surface area is 170 Å². The molecular weight excluding hydrogens is 372 g/mol. The first-order valence-electron chi connectivity index (χ1n) is 10.0. The van der Waals surface area contributed by atoms with E-state index in [1.54, 1.807) is 4.90 Å². The summed E-state index contributed by atoms with van der Waals surface area (Å²) >= 11 is 0. The molecule has 3 rings (SSSR count). The SMILES string of the molecule is CCn1c(CN(CCC(C)C)C(=O)Cc2cc(F)cc(F)c2)nc2ccccc21. The number of carbonyl (C=O) groups excluding carboxylic acids is 1. The third kappa shape index (κ3) is 5.19. The number of aromatic nitrogens is 2. The predicted molar refractivity (Wildman–Crippen MR) is 110 cm³/mol. The molecule has 0 saturated heterocycles. The van der Waals surface area contributed by atoms with Crippen molar-refractivity contribution in [3.63, 3.8) is 0 Å². The number of rotatable bonds is 8. The van der Waals surface area contributed by atoms with Crippen molar-refractivity contribution in [2.75, 3.05) is 6.54 Å². The van der Waals surface area contributed by atoms with Gasteiger partial charge in [0, 0.05) is 19.2 Å². The molecular formula is C23H27F2N3O. The van der Waals surface area contributed by atoms with Gasteiger partial charge in [-0.15, -0.1) is 0 Å². The van der Waals surface area contributed by atoms with Crippen molar-refractivity contribution in [3.05, 3.63) is 65.5 Å². The number of imidazole rings is 1. The maximum atomic E-state index is 13.5. The van der Waals surface area contributed by atoms with Crippen LogP contribution >= 0.6 is 0 Å². The van der Waals surface area contributed by atoms with Crippen LogP contribution in [0.5, 0.6) is 0 Å². The fourth-order valence-corrected chi connectivity index (χ4v) is 3.48. The van der Waals surface area contributed by atoms with E-state index < -0.39 is 11.6 Å². The molecule has 0 aliphatic heterocycles. The minimum atomic E-state index is -0.672. The number of amides is 1. The summed E-state index contributed by atoms with van der Waals surface area (Å²) in [5, 5.41) is 0. The van der Waals surface area contributed by atoms with Crippen LogP contribution in [0, 0.1) is 17.6 Å². The van der Waals surface area contributed by atoms with E-state index in [0.717, 1.165) is 35.9 Å². The molecule has 154 valence electrons. The van der Waals surface area contributed by atoms with Crippen LogP contribution in [0.2, 0.25) is 0 Å². The van der Waals surface area contributed by atoms with Crippen LogP contribution in [0.25, 0.3) is 11.0 Å². The summed E-state index contributed by atoms with van der Waals surface area (Å²) in [4.78, 5) is 19.5. The van der Waals surface area contributed by atoms with Gasteiger partial charge in [-0.25, -0.2) is 13.8 Å². The van der Waals surface area contributed by atoms with Gasteiger partial charge in [-0.05, 0) is 49.1 Å². The number of para-hydroxylation sites is 2. The molecule has 0 N–H and O–H groups in total. The quantitative estimate of drug-likeness (QED) is 0.537. The van der Waals surface area contributed by atoms with Gasteiger partial charge in [0.25, 0.3) is 0 Å². The molecule has 0 spiro atoms. The van der Waals surface area contributed by atoms with E-state index in [0.29, 0.717) is 24.6 Å². The standard InChI is InChI=1S/C23H27F2N3O/c1-4-28-21-8-6-5-7-20(21)26-22(28)15-27(10-9-16(2)3)23(29)13-17-11-18(24)14-19(25)12-17/h5-8,11-12,14,16H,4,9-10,13,15H2,1-3H3. The summed E-state index contributed by atoms with van der Waals surface area (Å²) in [6, 6.07) is 11.1. The summed E-state index contributed by atoms with van der Waals surface area (Å²) in [6.07, 6.45) is 0.800. The lowest BCUT2D eigenvalue weighted by Gasteiger charge is -2.24. The first-order chi connectivity index (χ1) is 13.9. The lowest BCUT2D eigenvalue weighted by Crippen LogP contribution is -2.34. The van der Waals surface area contributed by atoms with Crippen LogP contribution in [0.15, 0.2) is 42.5 Å². The van der Waals surface area contributed by atoms with Gasteiger partial charge in [0.05, 0.1) is 24.0 Å². The maximum Gasteiger partial charge on any atom is 0.227 e. The van der Waals surface area contributed by atoms with Crippen molar-refractivity contribution in [1.82, 2.24) is 14.5 Å². The fraction of sp³-hybridized carbons (Fsp3) is 0.391. The summed E-state index contributed by atoms with van der Waals surface area (Å²) in [7, 11) is 0. The van der Waals surface area contributed by atoms with Crippen LogP contribution < -0.4 is 0 Å². The molecule has 0 aliphatic rings. The van der Waals surface area contributed by atoms with Gasteiger partial charge >= 0.3 is 0 Å². The second-order valence-electron chi connectivity index (χ2n) is 7.71. The van der Waals surface area contributed by atoms with Gasteiger partial charge in [-0.2, -0.15) is 0 Å². The lowest BCUT2D eigenvalue weighted by molar-refractivity contribution is -0.131. The number of carbonyl (C=O) groups is 1. The Morgan fingerprint density at radius 3 is 2.48 bits per heavy atom. The van der Waals surface area contributed by atoms with Gasteiger partial charge < -0.3 is 9.47 Å². The zero-order valence-electron chi connectivity index (χ0n) is 17.2. The molecule has 0 bridgehead atoms. The lowest BCUT2D eigenvalue weighted by atomic mass is 10.1. The average molecular weight is 399 g/mol. The number of hydrogen-bond donors (Lipinski definition) is 0. The normalized spacial score (nSPS) is 11.4. The molecule has 0 saturated carbocycles. The highest BCUT2D eigenvalue weighted by Crippen LogP contribution is 2.19. The van der Waals surface area contributed by atoms with Crippen LogP contribution in [0.1, 0.15) is 38.6 Å². The highest BCUT2D eigenvalue weighted by molar-refractivity contribution is 5.79. The number of benzene rings is 2. The Bertz CT molecular complexity index is 977. The first kappa shape index (κ1) is 21.0. The van der Waals surface area contributed by atoms with Crippen molar-refractivity contribution >= 4 is 16.9 Å². The Morgan fingerprint density at radius 2 is 1.83 bits per heavy atom. The molecule has 1 aromatic heterocycles. The molecule has 0 fully saturated rings. The van der Waals surface area contributed by atoms with E-state index in [1.165, 1.54) is 12.1 Å². The van der Waals surface area contributed by atoms with E-state index in [4.69, 9.17) is 4.98 Å². The van der Waals surface area contributed by atoms with Gasteiger partial charge in [-0.1, -0.05) is 26.0 Å². The zero-order chi connectivity index (χ0) is 21.0. The Morgan fingerprint density at radius 1 is 1.14 bits per heavy atom. The molecule has 0 radical (unpaired) electrons. The van der Waals surface area contributed by atoms with E-state index in [2.05, 4.69) is 18.4 Å². The fourth-order valence-electron chi connectivity index (χ4n) is 3.48. The monoisotopic (exact) mass is 399 g/mol. The van der Waals surface area contributed by atoms with Crippen molar-refractivity contribution < 1.29 is 13.6 Å². The molecule has 29 heavy (non-hydrogen) atoms. The first-order valence-corrected chi connectivity index (χ1v) is 10.0. The molecule has 1 heterocycles. The molecule has 4 nitrogen and oxygen atoms in total. The second kappa shape index (κ2) is 9.16. The van der Waals surface area contributed by atoms with E-state index in [-0.39, 0.29) is 12.3 Å². The number of fused-ring (bicyclic) bond motifs is 1. The van der Waals surface area contributed by atoms with E-state index in [1.807, 2.05) is 31.2 Å². The summed E-state index contributed by atoms with van der Waals surface area (Å²) in [5.41, 5.74) is 2.27. The van der Waals surface area contributed by atoms with Gasteiger partial charge in [0.15, 0.2) is 0 Å². The van der Waals surface area contributed by atoms with Gasteiger partial charge in [0.1, 0.15) is 17.5 Å². The summed E-state index contributed by atoms with van der Waals surface area (Å²) < 4.78 is 29.1.